The number of anilines is 1. The summed E-state index contributed by atoms with van der Waals surface area (Å²) >= 11 is 0. The van der Waals surface area contributed by atoms with Gasteiger partial charge in [-0.25, -0.2) is 0 Å². The fourth-order valence-electron chi connectivity index (χ4n) is 7.73. The SMILES string of the molecule is COc1ccc(N=Nc2c(S(=O)(=O)O)cc3cc(N=Nc4c(S(=O)(=O)O)cc5cc(S(=O)(=O)O)c(N=Nc6ccc7cc(S(=O)(=O)O)c(N=Nc8ccc(OC)cc8S(=O)(=O)O)c(O)c7c6)c(N)c5c4O)ccc3c2O)c(S(=O)(=O)O)c1. The van der Waals surface area contributed by atoms with Crippen LogP contribution in [-0.2, 0) is 60.7 Å². The first kappa shape index (κ1) is 59.3. The van der Waals surface area contributed by atoms with Crippen molar-refractivity contribution in [2.24, 2.45) is 40.9 Å². The highest BCUT2D eigenvalue weighted by Gasteiger charge is 2.30. The molecule has 8 aromatic rings. The maximum Gasteiger partial charge on any atom is 0.296 e. The monoisotopic (exact) mass is 1250 g/mol. The Bertz CT molecular complexity index is 4950. The van der Waals surface area contributed by atoms with Gasteiger partial charge < -0.3 is 30.5 Å². The lowest BCUT2D eigenvalue weighted by Crippen LogP contribution is -2.03. The Labute approximate surface area is 460 Å². The first-order chi connectivity index (χ1) is 38.0. The number of rotatable bonds is 16. The van der Waals surface area contributed by atoms with Crippen LogP contribution in [0.4, 0.5) is 51.2 Å². The van der Waals surface area contributed by atoms with Crippen LogP contribution in [0.2, 0.25) is 0 Å². The molecule has 32 nitrogen and oxygen atoms in total. The molecule has 0 bridgehead atoms. The third-order valence-corrected chi connectivity index (χ3v) is 16.7. The van der Waals surface area contributed by atoms with Crippen LogP contribution in [0.15, 0.2) is 167 Å². The van der Waals surface area contributed by atoms with Gasteiger partial charge in [-0.3, -0.25) is 27.3 Å². The Morgan fingerprint density at radius 1 is 0.354 bits per heavy atom. The fraction of sp³-hybridized carbons (Fsp3) is 0.0455. The molecular formula is C44H33N9O23S6. The van der Waals surface area contributed by atoms with Crippen molar-refractivity contribution in [1.29, 1.82) is 0 Å². The van der Waals surface area contributed by atoms with E-state index in [1.54, 1.807) is 0 Å². The smallest absolute Gasteiger partial charge is 0.296 e. The average molecular weight is 1250 g/mol. The minimum atomic E-state index is -5.47. The predicted molar refractivity (Wildman–Crippen MR) is 283 cm³/mol. The lowest BCUT2D eigenvalue weighted by molar-refractivity contribution is 0.412. The lowest BCUT2D eigenvalue weighted by Gasteiger charge is -2.14. The number of nitrogens with zero attached hydrogens (tertiary/aromatic N) is 8. The van der Waals surface area contributed by atoms with Gasteiger partial charge in [-0.1, -0.05) is 6.07 Å². The minimum Gasteiger partial charge on any atom is -0.505 e. The van der Waals surface area contributed by atoms with Crippen LogP contribution in [0.1, 0.15) is 0 Å². The highest BCUT2D eigenvalue weighted by atomic mass is 32.2. The molecule has 8 rings (SSSR count). The van der Waals surface area contributed by atoms with Gasteiger partial charge in [0, 0.05) is 22.9 Å². The normalized spacial score (nSPS) is 13.2. The zero-order valence-electron chi connectivity index (χ0n) is 40.6. The molecule has 0 atom stereocenters. The van der Waals surface area contributed by atoms with Crippen LogP contribution in [0, 0.1) is 0 Å². The number of ether oxygens (including phenoxy) is 2. The lowest BCUT2D eigenvalue weighted by atomic mass is 10.0. The largest absolute Gasteiger partial charge is 0.505 e. The minimum absolute atomic E-state index is 0.0467. The summed E-state index contributed by atoms with van der Waals surface area (Å²) in [5.41, 5.74) is -0.293. The van der Waals surface area contributed by atoms with Gasteiger partial charge in [-0.2, -0.15) is 60.7 Å². The molecule has 0 aliphatic carbocycles. The third-order valence-electron chi connectivity index (χ3n) is 11.4. The van der Waals surface area contributed by atoms with Gasteiger partial charge in [0.25, 0.3) is 60.7 Å². The highest BCUT2D eigenvalue weighted by molar-refractivity contribution is 7.87. The number of benzene rings is 8. The summed E-state index contributed by atoms with van der Waals surface area (Å²) in [4.78, 5) is -6.30. The number of aromatic hydroxyl groups is 3. The van der Waals surface area contributed by atoms with Crippen LogP contribution in [0.3, 0.4) is 0 Å². The van der Waals surface area contributed by atoms with Crippen LogP contribution < -0.4 is 15.2 Å². The van der Waals surface area contributed by atoms with Crippen molar-refractivity contribution in [3.8, 4) is 28.7 Å². The van der Waals surface area contributed by atoms with Crippen molar-refractivity contribution >= 4 is 144 Å². The summed E-state index contributed by atoms with van der Waals surface area (Å²) in [6, 6.07) is 15.1. The van der Waals surface area contributed by atoms with Crippen molar-refractivity contribution in [1.82, 2.24) is 0 Å². The van der Waals surface area contributed by atoms with Crippen LogP contribution >= 0.6 is 0 Å². The summed E-state index contributed by atoms with van der Waals surface area (Å²) in [5.74, 6) is -3.36. The fourth-order valence-corrected chi connectivity index (χ4v) is 11.6. The number of methoxy groups -OCH3 is 2. The van der Waals surface area contributed by atoms with E-state index in [1.165, 1.54) is 26.4 Å². The maximum absolute atomic E-state index is 12.8. The number of phenols is 3. The second-order valence-electron chi connectivity index (χ2n) is 16.6. The van der Waals surface area contributed by atoms with Crippen molar-refractivity contribution in [2.75, 3.05) is 20.0 Å². The van der Waals surface area contributed by atoms with Crippen LogP contribution in [-0.4, -0.2) is 107 Å². The van der Waals surface area contributed by atoms with E-state index in [1.807, 2.05) is 0 Å². The number of phenolic OH excluding ortho intramolecular Hbond substituents is 3. The molecule has 0 aliphatic rings. The van der Waals surface area contributed by atoms with E-state index in [-0.39, 0.29) is 44.4 Å². The number of hydrogen-bond acceptors (Lipinski definition) is 26. The molecule has 0 amide bonds. The molecule has 0 aliphatic heterocycles. The van der Waals surface area contributed by atoms with Crippen molar-refractivity contribution in [2.45, 2.75) is 29.4 Å². The summed E-state index contributed by atoms with van der Waals surface area (Å²) in [7, 11) is -29.1. The Balaban J connectivity index is 1.22. The molecule has 0 saturated carbocycles. The van der Waals surface area contributed by atoms with E-state index in [0.717, 1.165) is 72.8 Å². The molecule has 8 aromatic carbocycles. The zero-order valence-corrected chi connectivity index (χ0v) is 45.5. The van der Waals surface area contributed by atoms with E-state index < -0.39 is 158 Å². The topological polar surface area (TPSA) is 530 Å². The molecule has 82 heavy (non-hydrogen) atoms. The second-order valence-corrected chi connectivity index (χ2v) is 24.9. The van der Waals surface area contributed by atoms with Gasteiger partial charge in [0.15, 0.2) is 17.2 Å². The van der Waals surface area contributed by atoms with E-state index >= 15 is 0 Å². The maximum atomic E-state index is 12.8. The Kier molecular flexibility index (Phi) is 15.4. The van der Waals surface area contributed by atoms with E-state index in [0.29, 0.717) is 12.1 Å². The van der Waals surface area contributed by atoms with E-state index in [9.17, 15) is 93.1 Å². The van der Waals surface area contributed by atoms with E-state index in [2.05, 4.69) is 40.9 Å². The summed E-state index contributed by atoms with van der Waals surface area (Å²) < 4.78 is 220. The summed E-state index contributed by atoms with van der Waals surface area (Å²) in [5, 5.41) is 61.9. The Hall–Kier alpha value is -8.80. The molecule has 0 saturated heterocycles. The Morgan fingerprint density at radius 3 is 1.17 bits per heavy atom. The molecule has 11 N–H and O–H groups in total. The molecule has 0 aromatic heterocycles. The Morgan fingerprint density at radius 2 is 0.720 bits per heavy atom. The number of hydrogen-bond donors (Lipinski definition) is 10. The predicted octanol–water partition coefficient (Wildman–Crippen LogP) is 9.00. The van der Waals surface area contributed by atoms with Crippen molar-refractivity contribution in [3.05, 3.63) is 97.1 Å². The molecule has 0 heterocycles. The van der Waals surface area contributed by atoms with E-state index in [4.69, 9.17) is 15.2 Å². The summed E-state index contributed by atoms with van der Waals surface area (Å²) in [6.45, 7) is 0. The third kappa shape index (κ3) is 12.0. The standard InChI is InChI=1S/C44H33N9O23S6/c1-75-24-6-9-28(30(17-24)77(57,58)59)48-52-39-34(81(69,70)71)13-20-11-22(5-8-26(20)42(39)54)46-51-41-35(82(72,73)74)15-21-14-32(79(63,64)65)38(37(45)36(21)44(41)56)50-47-23-4-3-19-12-33(80(66,67)68)40(43(55)27(19)16-23)53-49-29-10-7-25(76-2)18-31(29)78(60,61)62/h3-18,54-56H,45H2,1-2H3,(H,57,58,59)(H,60,61,62)(H,63,64,65)(H,66,67,68)(H,69,70,71)(H,72,73,74). The summed E-state index contributed by atoms with van der Waals surface area (Å²) in [6.07, 6.45) is 0. The molecular weight excluding hydrogens is 1210 g/mol. The van der Waals surface area contributed by atoms with Crippen molar-refractivity contribution < 1.29 is 103 Å². The van der Waals surface area contributed by atoms with Crippen molar-refractivity contribution in [3.63, 3.8) is 0 Å². The molecule has 428 valence electrons. The number of azo groups is 4. The zero-order chi connectivity index (χ0) is 60.4. The second kappa shape index (κ2) is 21.3. The number of nitrogen functional groups attached to an aromatic ring is 1. The molecule has 0 fully saturated rings. The van der Waals surface area contributed by atoms with Crippen LogP contribution in [0.5, 0.6) is 28.7 Å². The number of nitrogens with two attached hydrogens (primary N) is 1. The molecule has 0 radical (unpaired) electrons. The first-order valence-electron chi connectivity index (χ1n) is 21.6. The first-order valence-corrected chi connectivity index (χ1v) is 30.2. The molecule has 0 unspecified atom stereocenters. The van der Waals surface area contributed by atoms with Gasteiger partial charge in [0.1, 0.15) is 75.0 Å². The average Bonchev–Trinajstić information content (AvgIpc) is 1.58. The van der Waals surface area contributed by atoms with Gasteiger partial charge in [-0.15, -0.1) is 30.7 Å². The quantitative estimate of drug-likeness (QED) is 0.0245. The van der Waals surface area contributed by atoms with Gasteiger partial charge in [0.2, 0.25) is 0 Å². The molecule has 38 heteroatoms. The highest BCUT2D eigenvalue weighted by Crippen LogP contribution is 2.50. The number of fused-ring (bicyclic) bond motifs is 3. The molecule has 0 spiro atoms. The van der Waals surface area contributed by atoms with Gasteiger partial charge >= 0.3 is 0 Å². The van der Waals surface area contributed by atoms with Gasteiger partial charge in [-0.05, 0) is 95.0 Å². The van der Waals surface area contributed by atoms with Gasteiger partial charge in [0.05, 0.1) is 36.7 Å². The van der Waals surface area contributed by atoms with Crippen LogP contribution in [0.25, 0.3) is 32.3 Å².